The topological polar surface area (TPSA) is 68.3 Å². The van der Waals surface area contributed by atoms with Gasteiger partial charge in [-0.2, -0.15) is 0 Å². The standard InChI is InChI=1S/C23H19ClN2O3S/c1-2-29-18-10-13-21-20(14-18)23(26-17-6-4-3-5-7-17)22(15-25-21)30(27,28)19-11-8-16(24)9-12-19/h3-15H,2H2,1H3,(H,25,26). The van der Waals surface area contributed by atoms with Crippen LogP contribution in [-0.4, -0.2) is 20.0 Å². The van der Waals surface area contributed by atoms with E-state index in [0.29, 0.717) is 34.0 Å². The van der Waals surface area contributed by atoms with Gasteiger partial charge in [-0.15, -0.1) is 0 Å². The highest BCUT2D eigenvalue weighted by atomic mass is 35.5. The number of para-hydroxylation sites is 1. The van der Waals surface area contributed by atoms with Crippen LogP contribution < -0.4 is 10.1 Å². The molecule has 5 nitrogen and oxygen atoms in total. The van der Waals surface area contributed by atoms with Crippen molar-refractivity contribution in [1.82, 2.24) is 4.98 Å². The maximum atomic E-state index is 13.5. The minimum Gasteiger partial charge on any atom is -0.494 e. The highest BCUT2D eigenvalue weighted by molar-refractivity contribution is 7.91. The van der Waals surface area contributed by atoms with Gasteiger partial charge in [-0.05, 0) is 61.5 Å². The zero-order valence-electron chi connectivity index (χ0n) is 16.2. The second-order valence-corrected chi connectivity index (χ2v) is 8.91. The van der Waals surface area contributed by atoms with E-state index in [1.807, 2.05) is 49.4 Å². The van der Waals surface area contributed by atoms with E-state index in [4.69, 9.17) is 16.3 Å². The number of nitrogens with one attached hydrogen (secondary N) is 1. The number of halogens is 1. The zero-order valence-corrected chi connectivity index (χ0v) is 17.7. The average Bonchev–Trinajstić information content (AvgIpc) is 2.75. The van der Waals surface area contributed by atoms with E-state index in [1.54, 1.807) is 18.2 Å². The Morgan fingerprint density at radius 2 is 1.73 bits per heavy atom. The molecule has 0 aliphatic carbocycles. The van der Waals surface area contributed by atoms with Crippen LogP contribution in [0.4, 0.5) is 11.4 Å². The van der Waals surface area contributed by atoms with Crippen LogP contribution in [0.1, 0.15) is 6.92 Å². The van der Waals surface area contributed by atoms with E-state index in [0.717, 1.165) is 5.69 Å². The van der Waals surface area contributed by atoms with Crippen molar-refractivity contribution >= 4 is 43.7 Å². The predicted molar refractivity (Wildman–Crippen MR) is 120 cm³/mol. The predicted octanol–water partition coefficient (Wildman–Crippen LogP) is 5.86. The Kier molecular flexibility index (Phi) is 5.61. The van der Waals surface area contributed by atoms with E-state index in [9.17, 15) is 8.42 Å². The number of nitrogens with zero attached hydrogens (tertiary/aromatic N) is 1. The summed E-state index contributed by atoms with van der Waals surface area (Å²) in [5.41, 5.74) is 1.87. The minimum atomic E-state index is -3.85. The maximum Gasteiger partial charge on any atom is 0.210 e. The first-order chi connectivity index (χ1) is 14.5. The third kappa shape index (κ3) is 3.97. The number of rotatable bonds is 6. The molecule has 0 bridgehead atoms. The third-order valence-electron chi connectivity index (χ3n) is 4.57. The molecule has 0 atom stereocenters. The fourth-order valence-electron chi connectivity index (χ4n) is 3.15. The Hall–Kier alpha value is -3.09. The lowest BCUT2D eigenvalue weighted by Gasteiger charge is -2.16. The molecule has 30 heavy (non-hydrogen) atoms. The Bertz CT molecular complexity index is 1290. The Morgan fingerprint density at radius 3 is 2.43 bits per heavy atom. The highest BCUT2D eigenvalue weighted by Crippen LogP contribution is 2.36. The van der Waals surface area contributed by atoms with E-state index >= 15 is 0 Å². The zero-order chi connectivity index (χ0) is 21.1. The van der Waals surface area contributed by atoms with Crippen molar-refractivity contribution in [2.45, 2.75) is 16.7 Å². The van der Waals surface area contributed by atoms with Gasteiger partial charge in [0.25, 0.3) is 0 Å². The average molecular weight is 439 g/mol. The summed E-state index contributed by atoms with van der Waals surface area (Å²) >= 11 is 5.94. The summed E-state index contributed by atoms with van der Waals surface area (Å²) in [5.74, 6) is 0.643. The van der Waals surface area contributed by atoms with Gasteiger partial charge in [0.2, 0.25) is 9.84 Å². The van der Waals surface area contributed by atoms with Crippen molar-refractivity contribution in [2.24, 2.45) is 0 Å². The molecule has 0 fully saturated rings. The van der Waals surface area contributed by atoms with Crippen LogP contribution >= 0.6 is 11.6 Å². The monoisotopic (exact) mass is 438 g/mol. The molecule has 0 spiro atoms. The number of aromatic nitrogens is 1. The molecule has 152 valence electrons. The molecule has 7 heteroatoms. The largest absolute Gasteiger partial charge is 0.494 e. The quantitative estimate of drug-likeness (QED) is 0.408. The molecule has 0 aliphatic heterocycles. The van der Waals surface area contributed by atoms with Crippen LogP contribution in [0.3, 0.4) is 0 Å². The first-order valence-electron chi connectivity index (χ1n) is 9.37. The van der Waals surface area contributed by atoms with Gasteiger partial charge in [0.1, 0.15) is 10.6 Å². The molecule has 4 rings (SSSR count). The van der Waals surface area contributed by atoms with Gasteiger partial charge in [0.15, 0.2) is 0 Å². The molecule has 1 heterocycles. The van der Waals surface area contributed by atoms with Crippen molar-refractivity contribution in [3.63, 3.8) is 0 Å². The van der Waals surface area contributed by atoms with Gasteiger partial charge in [0, 0.05) is 22.3 Å². The molecule has 4 aromatic rings. The lowest BCUT2D eigenvalue weighted by atomic mass is 10.1. The van der Waals surface area contributed by atoms with Crippen LogP contribution in [0.2, 0.25) is 5.02 Å². The fourth-order valence-corrected chi connectivity index (χ4v) is 4.64. The van der Waals surface area contributed by atoms with Crippen LogP contribution in [0.25, 0.3) is 10.9 Å². The Morgan fingerprint density at radius 1 is 1.00 bits per heavy atom. The first kappa shape index (κ1) is 20.2. The van der Waals surface area contributed by atoms with Crippen LogP contribution in [-0.2, 0) is 9.84 Å². The Balaban J connectivity index is 1.96. The molecule has 1 aromatic heterocycles. The molecule has 0 saturated heterocycles. The SMILES string of the molecule is CCOc1ccc2ncc(S(=O)(=O)c3ccc(Cl)cc3)c(Nc3ccccc3)c2c1. The molecule has 0 unspecified atom stereocenters. The van der Waals surface area contributed by atoms with Crippen molar-refractivity contribution in [2.75, 3.05) is 11.9 Å². The van der Waals surface area contributed by atoms with Crippen LogP contribution in [0.5, 0.6) is 5.75 Å². The van der Waals surface area contributed by atoms with E-state index in [2.05, 4.69) is 10.3 Å². The van der Waals surface area contributed by atoms with Gasteiger partial charge in [-0.25, -0.2) is 8.42 Å². The summed E-state index contributed by atoms with van der Waals surface area (Å²) in [6.45, 7) is 2.40. The molecule has 0 amide bonds. The van der Waals surface area contributed by atoms with Crippen molar-refractivity contribution < 1.29 is 13.2 Å². The van der Waals surface area contributed by atoms with Gasteiger partial charge >= 0.3 is 0 Å². The fraction of sp³-hybridized carbons (Fsp3) is 0.0870. The number of sulfone groups is 1. The maximum absolute atomic E-state index is 13.5. The van der Waals surface area contributed by atoms with Gasteiger partial charge in [-0.1, -0.05) is 29.8 Å². The second kappa shape index (κ2) is 8.34. The number of hydrogen-bond donors (Lipinski definition) is 1. The van der Waals surface area contributed by atoms with Crippen LogP contribution in [0.15, 0.2) is 88.8 Å². The molecule has 0 saturated carbocycles. The van der Waals surface area contributed by atoms with Gasteiger partial charge in [0.05, 0.1) is 22.7 Å². The number of hydrogen-bond acceptors (Lipinski definition) is 5. The molecule has 0 aliphatic rings. The summed E-state index contributed by atoms with van der Waals surface area (Å²) in [6, 6.07) is 20.9. The molecule has 3 aromatic carbocycles. The smallest absolute Gasteiger partial charge is 0.210 e. The van der Waals surface area contributed by atoms with Crippen molar-refractivity contribution in [3.8, 4) is 5.75 Å². The summed E-state index contributed by atoms with van der Waals surface area (Å²) in [4.78, 5) is 4.62. The normalized spacial score (nSPS) is 11.4. The summed E-state index contributed by atoms with van der Waals surface area (Å²) in [5, 5.41) is 4.39. The molecule has 0 radical (unpaired) electrons. The lowest BCUT2D eigenvalue weighted by Crippen LogP contribution is -2.07. The van der Waals surface area contributed by atoms with Crippen molar-refractivity contribution in [1.29, 1.82) is 0 Å². The third-order valence-corrected chi connectivity index (χ3v) is 6.61. The molecular formula is C23H19ClN2O3S. The summed E-state index contributed by atoms with van der Waals surface area (Å²) in [6.07, 6.45) is 1.39. The lowest BCUT2D eigenvalue weighted by molar-refractivity contribution is 0.340. The molecular weight excluding hydrogens is 420 g/mol. The van der Waals surface area contributed by atoms with Gasteiger partial charge in [-0.3, -0.25) is 4.98 Å². The number of fused-ring (bicyclic) bond motifs is 1. The Labute approximate surface area is 180 Å². The number of pyridine rings is 1. The summed E-state index contributed by atoms with van der Waals surface area (Å²) in [7, 11) is -3.85. The van der Waals surface area contributed by atoms with Crippen molar-refractivity contribution in [3.05, 3.63) is 84.0 Å². The van der Waals surface area contributed by atoms with E-state index in [1.165, 1.54) is 18.3 Å². The summed E-state index contributed by atoms with van der Waals surface area (Å²) < 4.78 is 32.5. The first-order valence-corrected chi connectivity index (χ1v) is 11.2. The van der Waals surface area contributed by atoms with E-state index < -0.39 is 9.84 Å². The van der Waals surface area contributed by atoms with E-state index in [-0.39, 0.29) is 9.79 Å². The molecule has 1 N–H and O–H groups in total. The van der Waals surface area contributed by atoms with Crippen LogP contribution in [0, 0.1) is 0 Å². The highest BCUT2D eigenvalue weighted by Gasteiger charge is 2.24. The number of benzene rings is 3. The second-order valence-electron chi connectivity index (χ2n) is 6.56. The number of anilines is 2. The van der Waals surface area contributed by atoms with Gasteiger partial charge < -0.3 is 10.1 Å². The number of ether oxygens (including phenoxy) is 1. The minimum absolute atomic E-state index is 0.0785.